The highest BCUT2D eigenvalue weighted by Gasteiger charge is 2.26. The molecule has 44 heavy (non-hydrogen) atoms. The summed E-state index contributed by atoms with van der Waals surface area (Å²) in [5.41, 5.74) is 6.89. The van der Waals surface area contributed by atoms with Crippen LogP contribution in [-0.2, 0) is 24.2 Å². The van der Waals surface area contributed by atoms with Crippen LogP contribution in [0.25, 0.3) is 21.3 Å². The first kappa shape index (κ1) is 28.5. The highest BCUT2D eigenvalue weighted by atomic mass is 32.1. The molecule has 226 valence electrons. The summed E-state index contributed by atoms with van der Waals surface area (Å²) in [6.07, 6.45) is 6.78. The molecule has 0 bridgehead atoms. The number of aromatic nitrogens is 4. The van der Waals surface area contributed by atoms with Crippen LogP contribution in [-0.4, -0.2) is 44.5 Å². The zero-order valence-electron chi connectivity index (χ0n) is 25.0. The average molecular weight is 609 g/mol. The fourth-order valence-electron chi connectivity index (χ4n) is 6.61. The molecule has 2 N–H and O–H groups in total. The van der Waals surface area contributed by atoms with Crippen LogP contribution < -0.4 is 10.2 Å². The minimum atomic E-state index is -0.921. The number of carbonyl (C=O) groups excluding carboxylic acids is 1. The number of fused-ring (bicyclic) bond motifs is 2. The van der Waals surface area contributed by atoms with Gasteiger partial charge in [-0.25, -0.2) is 14.8 Å². The van der Waals surface area contributed by atoms with Gasteiger partial charge >= 0.3 is 5.97 Å². The number of benzene rings is 2. The van der Waals surface area contributed by atoms with E-state index in [1.54, 1.807) is 0 Å². The monoisotopic (exact) mass is 608 g/mol. The number of para-hydroxylation sites is 1. The zero-order chi connectivity index (χ0) is 30.2. The lowest BCUT2D eigenvalue weighted by Gasteiger charge is -2.32. The van der Waals surface area contributed by atoms with E-state index in [-0.39, 0.29) is 5.69 Å². The van der Waals surface area contributed by atoms with Crippen molar-refractivity contribution >= 4 is 38.5 Å². The Kier molecular flexibility index (Phi) is 7.78. The number of hydrogen-bond donors (Lipinski definition) is 2. The Labute approximate surface area is 260 Å². The van der Waals surface area contributed by atoms with Gasteiger partial charge in [0.05, 0.1) is 23.5 Å². The minimum absolute atomic E-state index is 0.283. The van der Waals surface area contributed by atoms with E-state index in [2.05, 4.69) is 38.0 Å². The lowest BCUT2D eigenvalue weighted by atomic mass is 9.94. The van der Waals surface area contributed by atoms with Crippen molar-refractivity contribution in [3.63, 3.8) is 0 Å². The molecule has 7 rings (SSSR count). The van der Waals surface area contributed by atoms with Crippen LogP contribution in [0.3, 0.4) is 0 Å². The third kappa shape index (κ3) is 5.44. The number of hydrogen-bond acceptors (Lipinski definition) is 9. The summed E-state index contributed by atoms with van der Waals surface area (Å²) in [6, 6.07) is 17.9. The molecular weight excluding hydrogens is 572 g/mol. The second-order valence-electron chi connectivity index (χ2n) is 11.7. The molecule has 1 saturated carbocycles. The molecular formula is C34H36N6O3S. The second-order valence-corrected chi connectivity index (χ2v) is 12.8. The van der Waals surface area contributed by atoms with E-state index in [0.29, 0.717) is 23.4 Å². The molecule has 1 fully saturated rings. The van der Waals surface area contributed by atoms with E-state index in [1.165, 1.54) is 49.7 Å². The smallest absolute Gasteiger partial charge is 0.357 e. The summed E-state index contributed by atoms with van der Waals surface area (Å²) in [7, 11) is 1.39. The van der Waals surface area contributed by atoms with Gasteiger partial charge in [-0.1, -0.05) is 54.5 Å². The lowest BCUT2D eigenvalue weighted by Crippen LogP contribution is -2.33. The van der Waals surface area contributed by atoms with Gasteiger partial charge in [0.2, 0.25) is 0 Å². The number of pyridine rings is 1. The Morgan fingerprint density at radius 2 is 1.93 bits per heavy atom. The molecule has 0 spiro atoms. The predicted molar refractivity (Wildman–Crippen MR) is 173 cm³/mol. The second kappa shape index (κ2) is 12.0. The normalized spacial score (nSPS) is 15.8. The van der Waals surface area contributed by atoms with Crippen LogP contribution in [0, 0.1) is 12.8 Å². The van der Waals surface area contributed by atoms with Crippen molar-refractivity contribution in [2.45, 2.75) is 58.3 Å². The summed E-state index contributed by atoms with van der Waals surface area (Å²) in [4.78, 5) is 24.7. The number of nitrogens with one attached hydrogen (secondary N) is 1. The molecule has 2 aliphatic rings. The van der Waals surface area contributed by atoms with Crippen LogP contribution in [0.2, 0.25) is 0 Å². The number of thiazole rings is 1. The molecule has 3 aromatic heterocycles. The van der Waals surface area contributed by atoms with Gasteiger partial charge < -0.3 is 20.1 Å². The van der Waals surface area contributed by atoms with Gasteiger partial charge in [0.15, 0.2) is 17.1 Å². The predicted octanol–water partition coefficient (Wildman–Crippen LogP) is 6.51. The maximum atomic E-state index is 13.0. The average Bonchev–Trinajstić information content (AvgIpc) is 3.80. The fourth-order valence-corrected chi connectivity index (χ4v) is 7.50. The van der Waals surface area contributed by atoms with Crippen LogP contribution in [0.4, 0.5) is 10.9 Å². The SMILES string of the molecule is COC(=O)c1nc(N2CCc3cccc(C(O)Nc4nc5ccccc5s4)c3C2)ccc1-c1cnn(CC2CCCC2)c1C. The van der Waals surface area contributed by atoms with E-state index in [9.17, 15) is 9.90 Å². The molecule has 1 atom stereocenters. The number of anilines is 2. The third-order valence-electron chi connectivity index (χ3n) is 9.04. The van der Waals surface area contributed by atoms with Crippen molar-refractivity contribution in [1.82, 2.24) is 19.7 Å². The van der Waals surface area contributed by atoms with Crippen molar-refractivity contribution in [2.75, 3.05) is 23.9 Å². The van der Waals surface area contributed by atoms with Gasteiger partial charge in [-0.15, -0.1) is 0 Å². The van der Waals surface area contributed by atoms with Crippen LogP contribution in [0.15, 0.2) is 60.8 Å². The molecule has 10 heteroatoms. The Morgan fingerprint density at radius 1 is 1.09 bits per heavy atom. The number of aliphatic hydroxyl groups excluding tert-OH is 1. The number of carbonyl (C=O) groups is 1. The number of esters is 1. The Bertz CT molecular complexity index is 1790. The molecule has 0 amide bonds. The molecule has 1 aliphatic carbocycles. The summed E-state index contributed by atoms with van der Waals surface area (Å²) in [5, 5.41) is 19.8. The highest BCUT2D eigenvalue weighted by Crippen LogP contribution is 2.35. The van der Waals surface area contributed by atoms with Crippen molar-refractivity contribution in [2.24, 2.45) is 5.92 Å². The van der Waals surface area contributed by atoms with Crippen molar-refractivity contribution < 1.29 is 14.6 Å². The van der Waals surface area contributed by atoms with Crippen LogP contribution in [0.5, 0.6) is 0 Å². The molecule has 0 radical (unpaired) electrons. The summed E-state index contributed by atoms with van der Waals surface area (Å²) < 4.78 is 8.32. The first-order valence-corrected chi connectivity index (χ1v) is 16.1. The Balaban J connectivity index is 1.15. The first-order valence-electron chi connectivity index (χ1n) is 15.3. The zero-order valence-corrected chi connectivity index (χ0v) is 25.8. The highest BCUT2D eigenvalue weighted by molar-refractivity contribution is 7.22. The van der Waals surface area contributed by atoms with Crippen LogP contribution in [0.1, 0.15) is 64.8 Å². The van der Waals surface area contributed by atoms with Gasteiger partial charge in [-0.3, -0.25) is 4.68 Å². The van der Waals surface area contributed by atoms with Gasteiger partial charge in [0.25, 0.3) is 0 Å². The first-order chi connectivity index (χ1) is 21.5. The quantitative estimate of drug-likeness (QED) is 0.152. The minimum Gasteiger partial charge on any atom is -0.464 e. The van der Waals surface area contributed by atoms with E-state index in [4.69, 9.17) is 9.72 Å². The molecule has 2 aromatic carbocycles. The standard InChI is InChI=1S/C34H36N6O3S/c1-21-26(18-35-40(21)19-22-8-3-4-9-22)24-14-15-30(37-31(24)33(42)43-2)39-17-16-23-10-7-11-25(27(23)20-39)32(41)38-34-36-28-12-5-6-13-29(28)44-34/h5-7,10-15,18,22,32,41H,3-4,8-9,16-17,19-20H2,1-2H3,(H,36,38). The van der Waals surface area contributed by atoms with Crippen molar-refractivity contribution in [3.05, 3.63) is 88.9 Å². The summed E-state index contributed by atoms with van der Waals surface area (Å²) >= 11 is 1.52. The van der Waals surface area contributed by atoms with Crippen molar-refractivity contribution in [3.8, 4) is 11.1 Å². The molecule has 5 aromatic rings. The molecule has 0 saturated heterocycles. The molecule has 4 heterocycles. The molecule has 9 nitrogen and oxygen atoms in total. The third-order valence-corrected chi connectivity index (χ3v) is 10.0. The van der Waals surface area contributed by atoms with Gasteiger partial charge in [-0.2, -0.15) is 5.10 Å². The maximum Gasteiger partial charge on any atom is 0.357 e. The van der Waals surface area contributed by atoms with Gasteiger partial charge in [0.1, 0.15) is 5.82 Å². The van der Waals surface area contributed by atoms with E-state index >= 15 is 0 Å². The topological polar surface area (TPSA) is 105 Å². The summed E-state index contributed by atoms with van der Waals surface area (Å²) in [6.45, 7) is 4.25. The van der Waals surface area contributed by atoms with E-state index in [0.717, 1.165) is 57.7 Å². The summed E-state index contributed by atoms with van der Waals surface area (Å²) in [5.74, 6) is 0.876. The van der Waals surface area contributed by atoms with E-state index < -0.39 is 12.2 Å². The fraction of sp³-hybridized carbons (Fsp3) is 0.353. The lowest BCUT2D eigenvalue weighted by molar-refractivity contribution is 0.0595. The Hall–Kier alpha value is -4.28. The molecule has 1 unspecified atom stereocenters. The Morgan fingerprint density at radius 3 is 2.75 bits per heavy atom. The van der Waals surface area contributed by atoms with Crippen molar-refractivity contribution in [1.29, 1.82) is 0 Å². The number of methoxy groups -OCH3 is 1. The van der Waals surface area contributed by atoms with Gasteiger partial charge in [-0.05, 0) is 67.5 Å². The maximum absolute atomic E-state index is 13.0. The largest absolute Gasteiger partial charge is 0.464 e. The number of nitrogens with zero attached hydrogens (tertiary/aromatic N) is 5. The number of aliphatic hydroxyl groups is 1. The van der Waals surface area contributed by atoms with E-state index in [1.807, 2.05) is 54.7 Å². The van der Waals surface area contributed by atoms with Gasteiger partial charge in [0, 0.05) is 42.0 Å². The molecule has 1 aliphatic heterocycles. The number of rotatable bonds is 8. The van der Waals surface area contributed by atoms with Crippen LogP contribution >= 0.6 is 11.3 Å². The number of ether oxygens (including phenoxy) is 1.